The Labute approximate surface area is 105 Å². The molecule has 3 amide bonds. The molecule has 0 unspecified atom stereocenters. The fourth-order valence-electron chi connectivity index (χ4n) is 1.70. The predicted molar refractivity (Wildman–Crippen MR) is 64.8 cm³/mol. The second-order valence-electron chi connectivity index (χ2n) is 4.04. The van der Waals surface area contributed by atoms with Crippen LogP contribution in [0.4, 0.5) is 10.6 Å². The molecular formula is C11H15N5O2. The van der Waals surface area contributed by atoms with Gasteiger partial charge in [0.2, 0.25) is 0 Å². The molecule has 0 spiro atoms. The highest BCUT2D eigenvalue weighted by molar-refractivity contribution is 6.01. The van der Waals surface area contributed by atoms with Crippen LogP contribution in [-0.2, 0) is 11.3 Å². The highest BCUT2D eigenvalue weighted by Gasteiger charge is 2.33. The van der Waals surface area contributed by atoms with Gasteiger partial charge in [-0.25, -0.2) is 9.78 Å². The molecule has 2 heterocycles. The lowest BCUT2D eigenvalue weighted by atomic mass is 10.4. The largest absolute Gasteiger partial charge is 0.369 e. The first-order valence-electron chi connectivity index (χ1n) is 5.72. The number of urea groups is 1. The SMILES string of the molecule is CCNc1cnc(CN2C(=O)CN(C)C2=O)cn1. The van der Waals surface area contributed by atoms with E-state index in [9.17, 15) is 9.59 Å². The number of amides is 3. The number of hydrogen-bond donors (Lipinski definition) is 1. The van der Waals surface area contributed by atoms with Gasteiger partial charge in [-0.2, -0.15) is 0 Å². The molecular weight excluding hydrogens is 234 g/mol. The summed E-state index contributed by atoms with van der Waals surface area (Å²) in [7, 11) is 1.60. The Morgan fingerprint density at radius 1 is 1.33 bits per heavy atom. The third-order valence-corrected chi connectivity index (χ3v) is 2.61. The summed E-state index contributed by atoms with van der Waals surface area (Å²) in [6.07, 6.45) is 3.16. The van der Waals surface area contributed by atoms with Crippen molar-refractivity contribution < 1.29 is 9.59 Å². The van der Waals surface area contributed by atoms with E-state index in [1.807, 2.05) is 6.92 Å². The van der Waals surface area contributed by atoms with Gasteiger partial charge in [0.15, 0.2) is 0 Å². The number of carbonyl (C=O) groups is 2. The summed E-state index contributed by atoms with van der Waals surface area (Å²) in [5.74, 6) is 0.470. The summed E-state index contributed by atoms with van der Waals surface area (Å²) in [6, 6.07) is -0.294. The van der Waals surface area contributed by atoms with Crippen LogP contribution in [0.1, 0.15) is 12.6 Å². The van der Waals surface area contributed by atoms with Gasteiger partial charge in [-0.1, -0.05) is 0 Å². The number of likely N-dealkylation sites (N-methyl/N-ethyl adjacent to an activating group) is 1. The minimum absolute atomic E-state index is 0.127. The standard InChI is InChI=1S/C11H15N5O2/c1-3-12-9-5-13-8(4-14-9)6-16-10(17)7-15(2)11(16)18/h4-5H,3,6-7H2,1-2H3,(H,12,14). The fraction of sp³-hybridized carbons (Fsp3) is 0.455. The van der Waals surface area contributed by atoms with Crippen LogP contribution in [0, 0.1) is 0 Å². The molecule has 1 aromatic rings. The van der Waals surface area contributed by atoms with Crippen molar-refractivity contribution in [3.05, 3.63) is 18.1 Å². The number of anilines is 1. The highest BCUT2D eigenvalue weighted by atomic mass is 16.2. The van der Waals surface area contributed by atoms with Crippen molar-refractivity contribution in [2.24, 2.45) is 0 Å². The molecule has 1 N–H and O–H groups in total. The fourth-order valence-corrected chi connectivity index (χ4v) is 1.70. The van der Waals surface area contributed by atoms with Crippen molar-refractivity contribution in [2.75, 3.05) is 25.5 Å². The van der Waals surface area contributed by atoms with Crippen LogP contribution in [0.3, 0.4) is 0 Å². The molecule has 0 atom stereocenters. The molecule has 0 bridgehead atoms. The normalized spacial score (nSPS) is 15.4. The quantitative estimate of drug-likeness (QED) is 0.777. The Bertz CT molecular complexity index is 459. The molecule has 1 aliphatic rings. The van der Waals surface area contributed by atoms with E-state index in [1.54, 1.807) is 19.4 Å². The highest BCUT2D eigenvalue weighted by Crippen LogP contribution is 2.12. The van der Waals surface area contributed by atoms with Crippen LogP contribution in [0.5, 0.6) is 0 Å². The molecule has 7 nitrogen and oxygen atoms in total. The maximum absolute atomic E-state index is 11.7. The van der Waals surface area contributed by atoms with E-state index in [0.29, 0.717) is 11.5 Å². The number of rotatable bonds is 4. The average Bonchev–Trinajstić information content (AvgIpc) is 2.59. The van der Waals surface area contributed by atoms with Crippen LogP contribution in [0.25, 0.3) is 0 Å². The number of aromatic nitrogens is 2. The number of imide groups is 1. The summed E-state index contributed by atoms with van der Waals surface area (Å²) in [6.45, 7) is 3.03. The van der Waals surface area contributed by atoms with E-state index in [4.69, 9.17) is 0 Å². The number of nitrogens with one attached hydrogen (secondary N) is 1. The summed E-state index contributed by atoms with van der Waals surface area (Å²) in [5.41, 5.74) is 0.591. The van der Waals surface area contributed by atoms with Crippen molar-refractivity contribution >= 4 is 17.8 Å². The average molecular weight is 249 g/mol. The minimum atomic E-state index is -0.294. The van der Waals surface area contributed by atoms with Gasteiger partial charge in [-0.3, -0.25) is 14.7 Å². The van der Waals surface area contributed by atoms with Crippen molar-refractivity contribution in [1.29, 1.82) is 0 Å². The van der Waals surface area contributed by atoms with Gasteiger partial charge in [0.25, 0.3) is 5.91 Å². The predicted octanol–water partition coefficient (Wildman–Crippen LogP) is 0.302. The Kier molecular flexibility index (Phi) is 3.40. The van der Waals surface area contributed by atoms with Crippen LogP contribution in [-0.4, -0.2) is 51.8 Å². The zero-order valence-electron chi connectivity index (χ0n) is 10.4. The van der Waals surface area contributed by atoms with Gasteiger partial charge in [0.05, 0.1) is 24.6 Å². The van der Waals surface area contributed by atoms with E-state index < -0.39 is 0 Å². The maximum Gasteiger partial charge on any atom is 0.327 e. The molecule has 0 radical (unpaired) electrons. The third kappa shape index (κ3) is 2.39. The first-order valence-corrected chi connectivity index (χ1v) is 5.72. The monoisotopic (exact) mass is 249 g/mol. The Balaban J connectivity index is 2.05. The molecule has 2 rings (SSSR count). The van der Waals surface area contributed by atoms with E-state index in [2.05, 4.69) is 15.3 Å². The second kappa shape index (κ2) is 4.99. The van der Waals surface area contributed by atoms with Gasteiger partial charge in [0, 0.05) is 13.6 Å². The Hall–Kier alpha value is -2.18. The topological polar surface area (TPSA) is 78.4 Å². The van der Waals surface area contributed by atoms with Crippen LogP contribution in [0.2, 0.25) is 0 Å². The van der Waals surface area contributed by atoms with E-state index in [1.165, 1.54) is 9.80 Å². The summed E-state index contributed by atoms with van der Waals surface area (Å²) in [5, 5.41) is 3.02. The molecule has 0 aromatic carbocycles. The van der Waals surface area contributed by atoms with Gasteiger partial charge in [0.1, 0.15) is 12.4 Å². The lowest BCUT2D eigenvalue weighted by molar-refractivity contribution is -0.125. The molecule has 0 aliphatic carbocycles. The van der Waals surface area contributed by atoms with Crippen LogP contribution >= 0.6 is 0 Å². The Morgan fingerprint density at radius 3 is 2.61 bits per heavy atom. The van der Waals surface area contributed by atoms with Gasteiger partial charge in [-0.15, -0.1) is 0 Å². The van der Waals surface area contributed by atoms with E-state index in [0.717, 1.165) is 6.54 Å². The molecule has 1 aromatic heterocycles. The summed E-state index contributed by atoms with van der Waals surface area (Å²) < 4.78 is 0. The lowest BCUT2D eigenvalue weighted by Gasteiger charge is -2.13. The second-order valence-corrected chi connectivity index (χ2v) is 4.04. The first kappa shape index (κ1) is 12.3. The molecule has 1 saturated heterocycles. The molecule has 96 valence electrons. The van der Waals surface area contributed by atoms with Crippen molar-refractivity contribution in [3.8, 4) is 0 Å². The number of carbonyl (C=O) groups excluding carboxylic acids is 2. The molecule has 7 heteroatoms. The number of hydrogen-bond acceptors (Lipinski definition) is 5. The molecule has 1 aliphatic heterocycles. The molecule has 0 saturated carbocycles. The van der Waals surface area contributed by atoms with Gasteiger partial charge < -0.3 is 10.2 Å². The van der Waals surface area contributed by atoms with Crippen molar-refractivity contribution in [3.63, 3.8) is 0 Å². The lowest BCUT2D eigenvalue weighted by Crippen LogP contribution is -2.31. The van der Waals surface area contributed by atoms with Crippen LogP contribution in [0.15, 0.2) is 12.4 Å². The van der Waals surface area contributed by atoms with Gasteiger partial charge >= 0.3 is 6.03 Å². The molecule has 18 heavy (non-hydrogen) atoms. The molecule has 1 fully saturated rings. The number of nitrogens with zero attached hydrogens (tertiary/aromatic N) is 4. The first-order chi connectivity index (χ1) is 8.61. The zero-order chi connectivity index (χ0) is 13.1. The van der Waals surface area contributed by atoms with Crippen molar-refractivity contribution in [2.45, 2.75) is 13.5 Å². The van der Waals surface area contributed by atoms with Gasteiger partial charge in [-0.05, 0) is 6.92 Å². The Morgan fingerprint density at radius 2 is 2.11 bits per heavy atom. The third-order valence-electron chi connectivity index (χ3n) is 2.61. The van der Waals surface area contributed by atoms with E-state index in [-0.39, 0.29) is 25.0 Å². The van der Waals surface area contributed by atoms with Crippen molar-refractivity contribution in [1.82, 2.24) is 19.8 Å². The summed E-state index contributed by atoms with van der Waals surface area (Å²) in [4.78, 5) is 34.1. The van der Waals surface area contributed by atoms with Crippen LogP contribution < -0.4 is 5.32 Å². The smallest absolute Gasteiger partial charge is 0.327 e. The zero-order valence-corrected chi connectivity index (χ0v) is 10.4. The minimum Gasteiger partial charge on any atom is -0.369 e. The summed E-state index contributed by atoms with van der Waals surface area (Å²) >= 11 is 0. The maximum atomic E-state index is 11.7. The van der Waals surface area contributed by atoms with E-state index >= 15 is 0 Å².